The first-order chi connectivity index (χ1) is 17.7. The summed E-state index contributed by atoms with van der Waals surface area (Å²) in [5.41, 5.74) is 12.9. The molecule has 4 rings (SSSR count). The number of nitrogens with one attached hydrogen (secondary N) is 1. The van der Waals surface area contributed by atoms with Crippen molar-refractivity contribution in [3.8, 4) is 11.5 Å². The van der Waals surface area contributed by atoms with Crippen molar-refractivity contribution in [2.75, 3.05) is 13.2 Å². The van der Waals surface area contributed by atoms with Crippen LogP contribution in [-0.2, 0) is 17.6 Å². The molecule has 0 saturated carbocycles. The minimum atomic E-state index is -0.417. The van der Waals surface area contributed by atoms with Gasteiger partial charge in [-0.25, -0.2) is 0 Å². The van der Waals surface area contributed by atoms with E-state index in [1.165, 1.54) is 47.1 Å². The summed E-state index contributed by atoms with van der Waals surface area (Å²) in [5.74, 6) is 1.42. The molecule has 0 aliphatic carbocycles. The third-order valence-electron chi connectivity index (χ3n) is 7.53. The predicted molar refractivity (Wildman–Crippen MR) is 150 cm³/mol. The minimum Gasteiger partial charge on any atom is -0.489 e. The van der Waals surface area contributed by atoms with Crippen molar-refractivity contribution in [1.29, 1.82) is 0 Å². The zero-order valence-corrected chi connectivity index (χ0v) is 23.2. The molecule has 1 saturated heterocycles. The molecule has 6 nitrogen and oxygen atoms in total. The first kappa shape index (κ1) is 27.3. The van der Waals surface area contributed by atoms with Gasteiger partial charge in [0.25, 0.3) is 11.1 Å². The second-order valence-corrected chi connectivity index (χ2v) is 11.4. The Balaban J connectivity index is 1.40. The van der Waals surface area contributed by atoms with Gasteiger partial charge in [-0.15, -0.1) is 0 Å². The highest BCUT2D eigenvalue weighted by atomic mass is 32.2. The maximum absolute atomic E-state index is 11.8. The molecular weight excluding hydrogens is 484 g/mol. The lowest BCUT2D eigenvalue weighted by atomic mass is 9.84. The molecule has 1 fully saturated rings. The molecule has 1 unspecified atom stereocenters. The Morgan fingerprint density at radius 2 is 1.78 bits per heavy atom. The number of carbonyl (C=O) groups is 2. The van der Waals surface area contributed by atoms with Crippen LogP contribution in [0, 0.1) is 20.8 Å². The van der Waals surface area contributed by atoms with Crippen LogP contribution in [0.3, 0.4) is 0 Å². The quantitative estimate of drug-likeness (QED) is 0.287. The molecule has 7 heteroatoms. The highest BCUT2D eigenvalue weighted by molar-refractivity contribution is 8.18. The minimum absolute atomic E-state index is 0.339. The highest BCUT2D eigenvalue weighted by Crippen LogP contribution is 2.41. The Kier molecular flexibility index (Phi) is 8.65. The van der Waals surface area contributed by atoms with Crippen molar-refractivity contribution in [2.24, 2.45) is 5.73 Å². The van der Waals surface area contributed by atoms with Gasteiger partial charge in [-0.3, -0.25) is 14.9 Å². The first-order valence-electron chi connectivity index (χ1n) is 13.2. The molecule has 0 bridgehead atoms. The number of ether oxygens (including phenoxy) is 2. The van der Waals surface area contributed by atoms with Gasteiger partial charge in [0, 0.05) is 0 Å². The summed E-state index contributed by atoms with van der Waals surface area (Å²) in [6.45, 7) is 10.0. The molecule has 0 aromatic heterocycles. The molecule has 2 heterocycles. The van der Waals surface area contributed by atoms with E-state index < -0.39 is 5.60 Å². The standard InChI is InChI=1S/C30H38N2O4S/c1-19-20(2)27-25(21(3)24(19)9-7-5-6-8-16-31)14-15-30(4,36-27)18-35-23-12-10-22(11-13-23)17-26-28(33)32-29(34)37-26/h10-13,17H,5-9,14-16,18,31H2,1-4H3,(H,32,33,34)/b26-17-. The normalized spacial score (nSPS) is 20.1. The summed E-state index contributed by atoms with van der Waals surface area (Å²) in [6, 6.07) is 7.52. The van der Waals surface area contributed by atoms with Gasteiger partial charge in [-0.1, -0.05) is 25.0 Å². The summed E-state index contributed by atoms with van der Waals surface area (Å²) in [4.78, 5) is 23.5. The van der Waals surface area contributed by atoms with Crippen LogP contribution in [0.4, 0.5) is 4.79 Å². The predicted octanol–water partition coefficient (Wildman–Crippen LogP) is 6.16. The zero-order valence-electron chi connectivity index (χ0n) is 22.4. The summed E-state index contributed by atoms with van der Waals surface area (Å²) >= 11 is 0.915. The largest absolute Gasteiger partial charge is 0.489 e. The number of nitrogens with two attached hydrogens (primary N) is 1. The fraction of sp³-hybridized carbons (Fsp3) is 0.467. The van der Waals surface area contributed by atoms with Gasteiger partial charge < -0.3 is 15.2 Å². The lowest BCUT2D eigenvalue weighted by Crippen LogP contribution is -2.42. The van der Waals surface area contributed by atoms with Crippen molar-refractivity contribution in [3.05, 3.63) is 62.6 Å². The average Bonchev–Trinajstić information content (AvgIpc) is 3.20. The van der Waals surface area contributed by atoms with Crippen molar-refractivity contribution in [3.63, 3.8) is 0 Å². The van der Waals surface area contributed by atoms with Crippen molar-refractivity contribution in [1.82, 2.24) is 5.32 Å². The third kappa shape index (κ3) is 6.39. The maximum Gasteiger partial charge on any atom is 0.290 e. The van der Waals surface area contributed by atoms with Crippen LogP contribution >= 0.6 is 11.8 Å². The number of hydrogen-bond acceptors (Lipinski definition) is 6. The fourth-order valence-electron chi connectivity index (χ4n) is 5.13. The summed E-state index contributed by atoms with van der Waals surface area (Å²) in [7, 11) is 0. The molecule has 2 aliphatic rings. The molecule has 2 aromatic rings. The van der Waals surface area contributed by atoms with Gasteiger partial charge in [-0.05, 0) is 130 Å². The molecule has 1 atom stereocenters. The van der Waals surface area contributed by atoms with E-state index in [2.05, 4.69) is 33.0 Å². The van der Waals surface area contributed by atoms with Crippen LogP contribution in [-0.4, -0.2) is 29.9 Å². The number of carbonyl (C=O) groups excluding carboxylic acids is 2. The van der Waals surface area contributed by atoms with E-state index in [-0.39, 0.29) is 11.1 Å². The van der Waals surface area contributed by atoms with Crippen molar-refractivity contribution in [2.45, 2.75) is 78.2 Å². The molecule has 3 N–H and O–H groups in total. The summed E-state index contributed by atoms with van der Waals surface area (Å²) < 4.78 is 12.8. The van der Waals surface area contributed by atoms with E-state index in [1.54, 1.807) is 6.08 Å². The van der Waals surface area contributed by atoms with Gasteiger partial charge in [0.2, 0.25) is 0 Å². The lowest BCUT2D eigenvalue weighted by molar-refractivity contribution is -0.115. The van der Waals surface area contributed by atoms with Crippen molar-refractivity contribution >= 4 is 29.0 Å². The molecular formula is C30H38N2O4S. The second-order valence-electron chi connectivity index (χ2n) is 10.4. The van der Waals surface area contributed by atoms with Crippen LogP contribution < -0.4 is 20.5 Å². The number of fused-ring (bicyclic) bond motifs is 1. The van der Waals surface area contributed by atoms with Crippen LogP contribution in [0.2, 0.25) is 0 Å². The number of hydrogen-bond donors (Lipinski definition) is 2. The van der Waals surface area contributed by atoms with Crippen molar-refractivity contribution < 1.29 is 19.1 Å². The fourth-order valence-corrected chi connectivity index (χ4v) is 5.81. The molecule has 198 valence electrons. The zero-order chi connectivity index (χ0) is 26.6. The van der Waals surface area contributed by atoms with E-state index in [4.69, 9.17) is 15.2 Å². The number of unbranched alkanes of at least 4 members (excludes halogenated alkanes) is 3. The molecule has 2 aromatic carbocycles. The third-order valence-corrected chi connectivity index (χ3v) is 8.34. The number of rotatable bonds is 10. The number of imide groups is 1. The SMILES string of the molecule is Cc1c(C)c2c(c(C)c1CCCCCCN)CCC(C)(COc1ccc(/C=C3\SC(=O)NC3=O)cc1)O2. The van der Waals surface area contributed by atoms with Crippen LogP contribution in [0.25, 0.3) is 6.08 Å². The Bertz CT molecular complexity index is 1210. The van der Waals surface area contributed by atoms with E-state index in [0.717, 1.165) is 61.1 Å². The Morgan fingerprint density at radius 3 is 2.46 bits per heavy atom. The van der Waals surface area contributed by atoms with Crippen LogP contribution in [0.15, 0.2) is 29.2 Å². The molecule has 0 spiro atoms. The Hall–Kier alpha value is -2.77. The van der Waals surface area contributed by atoms with Crippen LogP contribution in [0.1, 0.15) is 72.4 Å². The summed E-state index contributed by atoms with van der Waals surface area (Å²) in [6.07, 6.45) is 9.44. The van der Waals surface area contributed by atoms with E-state index >= 15 is 0 Å². The smallest absolute Gasteiger partial charge is 0.290 e. The van der Waals surface area contributed by atoms with Gasteiger partial charge in [-0.2, -0.15) is 0 Å². The number of amides is 2. The molecule has 37 heavy (non-hydrogen) atoms. The lowest BCUT2D eigenvalue weighted by Gasteiger charge is -2.38. The monoisotopic (exact) mass is 522 g/mol. The number of benzene rings is 2. The van der Waals surface area contributed by atoms with Crippen LogP contribution in [0.5, 0.6) is 11.5 Å². The van der Waals surface area contributed by atoms with E-state index in [9.17, 15) is 9.59 Å². The number of thioether (sulfide) groups is 1. The second kappa shape index (κ2) is 11.7. The van der Waals surface area contributed by atoms with Gasteiger partial charge >= 0.3 is 0 Å². The van der Waals surface area contributed by atoms with Gasteiger partial charge in [0.1, 0.15) is 23.7 Å². The van der Waals surface area contributed by atoms with E-state index in [0.29, 0.717) is 11.5 Å². The van der Waals surface area contributed by atoms with Gasteiger partial charge in [0.15, 0.2) is 0 Å². The molecule has 0 radical (unpaired) electrons. The molecule has 2 amide bonds. The highest BCUT2D eigenvalue weighted by Gasteiger charge is 2.35. The summed E-state index contributed by atoms with van der Waals surface area (Å²) in [5, 5.41) is 1.93. The molecule has 2 aliphatic heterocycles. The Labute approximate surface area is 224 Å². The first-order valence-corrected chi connectivity index (χ1v) is 14.0. The van der Waals surface area contributed by atoms with Gasteiger partial charge in [0.05, 0.1) is 4.91 Å². The van der Waals surface area contributed by atoms with E-state index in [1.807, 2.05) is 24.3 Å². The Morgan fingerprint density at radius 1 is 1.05 bits per heavy atom. The average molecular weight is 523 g/mol. The maximum atomic E-state index is 11.8. The topological polar surface area (TPSA) is 90.6 Å².